The molecule has 3 aromatic rings. The molecule has 26 heavy (non-hydrogen) atoms. The van der Waals surface area contributed by atoms with Gasteiger partial charge in [-0.15, -0.1) is 11.3 Å². The van der Waals surface area contributed by atoms with E-state index >= 15 is 0 Å². The van der Waals surface area contributed by atoms with Gasteiger partial charge in [0.2, 0.25) is 0 Å². The number of methoxy groups -OCH3 is 1. The first-order chi connectivity index (χ1) is 12.2. The van der Waals surface area contributed by atoms with Crippen molar-refractivity contribution in [1.82, 2.24) is 4.98 Å². The van der Waals surface area contributed by atoms with Gasteiger partial charge >= 0.3 is 0 Å². The summed E-state index contributed by atoms with van der Waals surface area (Å²) >= 11 is 1.44. The van der Waals surface area contributed by atoms with Crippen LogP contribution in [0.15, 0.2) is 52.7 Å². The average Bonchev–Trinajstić information content (AvgIpc) is 3.03. The molecular weight excluding hydrogens is 372 g/mol. The SMILES string of the molecule is COc1ccc(-c2csc(N)n2)cc1.Cc1ccc(S(=O)(=O)O)cc1C. The Morgan fingerprint density at radius 3 is 2.19 bits per heavy atom. The summed E-state index contributed by atoms with van der Waals surface area (Å²) in [5.74, 6) is 0.844. The van der Waals surface area contributed by atoms with E-state index in [2.05, 4.69) is 4.98 Å². The maximum Gasteiger partial charge on any atom is 0.294 e. The number of nitrogens with two attached hydrogens (primary N) is 1. The zero-order valence-corrected chi connectivity index (χ0v) is 16.3. The Morgan fingerprint density at radius 1 is 1.08 bits per heavy atom. The number of hydrogen-bond donors (Lipinski definition) is 2. The Balaban J connectivity index is 0.000000190. The number of ether oxygens (including phenoxy) is 1. The minimum Gasteiger partial charge on any atom is -0.497 e. The Kier molecular flexibility index (Phi) is 6.36. The number of benzene rings is 2. The van der Waals surface area contributed by atoms with Gasteiger partial charge < -0.3 is 10.5 Å². The highest BCUT2D eigenvalue weighted by atomic mass is 32.2. The van der Waals surface area contributed by atoms with E-state index in [1.807, 2.05) is 36.6 Å². The highest BCUT2D eigenvalue weighted by Crippen LogP contribution is 2.24. The molecule has 0 saturated carbocycles. The van der Waals surface area contributed by atoms with E-state index in [0.29, 0.717) is 5.13 Å². The van der Waals surface area contributed by atoms with Crippen LogP contribution in [0.2, 0.25) is 0 Å². The summed E-state index contributed by atoms with van der Waals surface area (Å²) in [6, 6.07) is 12.2. The zero-order chi connectivity index (χ0) is 19.3. The topological polar surface area (TPSA) is 103 Å². The molecule has 0 fully saturated rings. The molecule has 6 nitrogen and oxygen atoms in total. The first-order valence-corrected chi connectivity index (χ1v) is 9.93. The molecule has 0 amide bonds. The monoisotopic (exact) mass is 392 g/mol. The fourth-order valence-electron chi connectivity index (χ4n) is 2.06. The molecule has 0 spiro atoms. The van der Waals surface area contributed by atoms with Gasteiger partial charge in [-0.25, -0.2) is 4.98 Å². The lowest BCUT2D eigenvalue weighted by atomic mass is 10.1. The molecule has 0 unspecified atom stereocenters. The predicted molar refractivity (Wildman–Crippen MR) is 104 cm³/mol. The van der Waals surface area contributed by atoms with E-state index in [4.69, 9.17) is 15.0 Å². The number of anilines is 1. The van der Waals surface area contributed by atoms with Crippen LogP contribution in [0.5, 0.6) is 5.75 Å². The fraction of sp³-hybridized carbons (Fsp3) is 0.167. The van der Waals surface area contributed by atoms with Crippen molar-refractivity contribution in [1.29, 1.82) is 0 Å². The third-order valence-corrected chi connectivity index (χ3v) is 5.21. The minimum absolute atomic E-state index is 0.0504. The summed E-state index contributed by atoms with van der Waals surface area (Å²) in [5.41, 5.74) is 9.38. The third-order valence-electron chi connectivity index (χ3n) is 3.68. The van der Waals surface area contributed by atoms with Gasteiger partial charge in [-0.1, -0.05) is 6.07 Å². The van der Waals surface area contributed by atoms with E-state index in [1.165, 1.54) is 23.5 Å². The second-order valence-electron chi connectivity index (χ2n) is 5.52. The van der Waals surface area contributed by atoms with Crippen molar-refractivity contribution in [3.8, 4) is 17.0 Å². The first-order valence-electron chi connectivity index (χ1n) is 7.61. The smallest absolute Gasteiger partial charge is 0.294 e. The van der Waals surface area contributed by atoms with Gasteiger partial charge in [-0.2, -0.15) is 8.42 Å². The zero-order valence-electron chi connectivity index (χ0n) is 14.6. The van der Waals surface area contributed by atoms with Crippen molar-refractivity contribution in [3.05, 3.63) is 59.0 Å². The van der Waals surface area contributed by atoms with Crippen molar-refractivity contribution in [3.63, 3.8) is 0 Å². The van der Waals surface area contributed by atoms with Crippen molar-refractivity contribution in [2.24, 2.45) is 0 Å². The molecule has 138 valence electrons. The number of thiazole rings is 1. The Hall–Kier alpha value is -2.42. The minimum atomic E-state index is -4.04. The van der Waals surface area contributed by atoms with Gasteiger partial charge in [-0.05, 0) is 61.4 Å². The molecule has 3 N–H and O–H groups in total. The first kappa shape index (κ1) is 19.9. The summed E-state index contributed by atoms with van der Waals surface area (Å²) in [7, 11) is -2.39. The Bertz CT molecular complexity index is 981. The van der Waals surface area contributed by atoms with Gasteiger partial charge in [0.1, 0.15) is 5.75 Å². The molecule has 0 atom stereocenters. The highest BCUT2D eigenvalue weighted by Gasteiger charge is 2.09. The quantitative estimate of drug-likeness (QED) is 0.654. The van der Waals surface area contributed by atoms with Crippen LogP contribution in [0, 0.1) is 13.8 Å². The number of aryl methyl sites for hydroxylation is 2. The second-order valence-corrected chi connectivity index (χ2v) is 7.83. The average molecular weight is 393 g/mol. The molecule has 0 aliphatic rings. The summed E-state index contributed by atoms with van der Waals surface area (Å²) in [5, 5.41) is 2.53. The van der Waals surface area contributed by atoms with Gasteiger partial charge in [0.15, 0.2) is 5.13 Å². The van der Waals surface area contributed by atoms with Crippen molar-refractivity contribution in [2.75, 3.05) is 12.8 Å². The van der Waals surface area contributed by atoms with E-state index in [9.17, 15) is 8.42 Å². The second kappa shape index (κ2) is 8.31. The summed E-state index contributed by atoms with van der Waals surface area (Å²) in [6.45, 7) is 3.67. The molecule has 1 heterocycles. The fourth-order valence-corrected chi connectivity index (χ4v) is 3.19. The molecule has 0 saturated heterocycles. The van der Waals surface area contributed by atoms with Crippen LogP contribution in [-0.4, -0.2) is 25.1 Å². The number of nitrogens with zero attached hydrogens (tertiary/aromatic N) is 1. The van der Waals surface area contributed by atoms with E-state index < -0.39 is 10.1 Å². The van der Waals surface area contributed by atoms with Gasteiger partial charge in [-0.3, -0.25) is 4.55 Å². The van der Waals surface area contributed by atoms with E-state index in [1.54, 1.807) is 20.1 Å². The molecule has 0 radical (unpaired) electrons. The summed E-state index contributed by atoms with van der Waals surface area (Å²) < 4.78 is 35.0. The normalized spacial score (nSPS) is 10.8. The third kappa shape index (κ3) is 5.29. The maximum atomic E-state index is 10.7. The standard InChI is InChI=1S/C10H10N2OS.C8H10O3S/c1-13-8-4-2-7(3-5-8)9-6-14-10(11)12-9;1-6-3-4-8(5-7(6)2)12(9,10)11/h2-6H,1H3,(H2,11,12);3-5H,1-2H3,(H,9,10,11). The van der Waals surface area contributed by atoms with Gasteiger partial charge in [0.05, 0.1) is 17.7 Å². The van der Waals surface area contributed by atoms with Crippen LogP contribution in [0.1, 0.15) is 11.1 Å². The molecule has 0 aliphatic heterocycles. The molecule has 2 aromatic carbocycles. The van der Waals surface area contributed by atoms with Crippen LogP contribution in [0.25, 0.3) is 11.3 Å². The molecule has 1 aromatic heterocycles. The summed E-state index contributed by atoms with van der Waals surface area (Å²) in [6.07, 6.45) is 0. The lowest BCUT2D eigenvalue weighted by molar-refractivity contribution is 0.415. The number of nitrogen functional groups attached to an aromatic ring is 1. The number of rotatable bonds is 3. The van der Waals surface area contributed by atoms with Crippen LogP contribution in [0.3, 0.4) is 0 Å². The summed E-state index contributed by atoms with van der Waals surface area (Å²) in [4.78, 5) is 4.14. The van der Waals surface area contributed by atoms with E-state index in [0.717, 1.165) is 28.1 Å². The molecule has 8 heteroatoms. The van der Waals surface area contributed by atoms with Gasteiger partial charge in [0.25, 0.3) is 10.1 Å². The molecule has 0 aliphatic carbocycles. The van der Waals surface area contributed by atoms with Crippen LogP contribution in [-0.2, 0) is 10.1 Å². The van der Waals surface area contributed by atoms with E-state index in [-0.39, 0.29) is 4.90 Å². The van der Waals surface area contributed by atoms with Crippen molar-refractivity contribution < 1.29 is 17.7 Å². The number of aromatic nitrogens is 1. The lowest BCUT2D eigenvalue weighted by Crippen LogP contribution is -1.98. The lowest BCUT2D eigenvalue weighted by Gasteiger charge is -2.01. The molecule has 3 rings (SSSR count). The number of hydrogen-bond acceptors (Lipinski definition) is 6. The largest absolute Gasteiger partial charge is 0.497 e. The van der Waals surface area contributed by atoms with Crippen LogP contribution >= 0.6 is 11.3 Å². The predicted octanol–water partition coefficient (Wildman–Crippen LogP) is 3.95. The Labute approximate surface area is 157 Å². The van der Waals surface area contributed by atoms with Gasteiger partial charge in [0, 0.05) is 10.9 Å². The molecular formula is C18H20N2O4S2. The Morgan fingerprint density at radius 2 is 1.73 bits per heavy atom. The van der Waals surface area contributed by atoms with Crippen LogP contribution in [0.4, 0.5) is 5.13 Å². The highest BCUT2D eigenvalue weighted by molar-refractivity contribution is 7.85. The van der Waals surface area contributed by atoms with Crippen molar-refractivity contribution in [2.45, 2.75) is 18.7 Å². The maximum absolute atomic E-state index is 10.7. The van der Waals surface area contributed by atoms with Crippen LogP contribution < -0.4 is 10.5 Å². The molecule has 0 bridgehead atoms. The van der Waals surface area contributed by atoms with Crippen molar-refractivity contribution >= 4 is 26.6 Å².